The van der Waals surface area contributed by atoms with Crippen LogP contribution in [0.15, 0.2) is 24.3 Å². The largest absolute Gasteiger partial charge is 0.495 e. The van der Waals surface area contributed by atoms with Crippen LogP contribution >= 0.6 is 0 Å². The molecule has 2 N–H and O–H groups in total. The van der Waals surface area contributed by atoms with Gasteiger partial charge in [-0.05, 0) is 24.1 Å². The molecule has 0 spiro atoms. The van der Waals surface area contributed by atoms with E-state index in [0.717, 1.165) is 0 Å². The van der Waals surface area contributed by atoms with E-state index in [-0.39, 0.29) is 29.6 Å². The molecule has 1 unspecified atom stereocenters. The predicted octanol–water partition coefficient (Wildman–Crippen LogP) is 1.49. The van der Waals surface area contributed by atoms with E-state index in [4.69, 9.17) is 10.5 Å². The molecule has 2 rings (SSSR count). The van der Waals surface area contributed by atoms with Gasteiger partial charge >= 0.3 is 0 Å². The van der Waals surface area contributed by atoms with Gasteiger partial charge in [0.25, 0.3) is 0 Å². The Bertz CT molecular complexity index is 615. The molecule has 1 saturated heterocycles. The van der Waals surface area contributed by atoms with Crippen molar-refractivity contribution in [3.63, 3.8) is 0 Å². The number of ether oxygens (including phenoxy) is 1. The SMILES string of the molecule is COc1ccccc1N1CC(C(=O)N(C)CC(C)(C)CN)CC1=O. The number of amides is 2. The van der Waals surface area contributed by atoms with Crippen LogP contribution in [0.2, 0.25) is 0 Å². The lowest BCUT2D eigenvalue weighted by molar-refractivity contribution is -0.135. The third kappa shape index (κ3) is 3.87. The van der Waals surface area contributed by atoms with E-state index < -0.39 is 0 Å². The van der Waals surface area contributed by atoms with Crippen LogP contribution in [0.3, 0.4) is 0 Å². The average Bonchev–Trinajstić information content (AvgIpc) is 2.95. The van der Waals surface area contributed by atoms with Crippen molar-refractivity contribution in [2.45, 2.75) is 20.3 Å². The summed E-state index contributed by atoms with van der Waals surface area (Å²) in [6.07, 6.45) is 0.226. The third-order valence-corrected chi connectivity index (χ3v) is 4.44. The minimum Gasteiger partial charge on any atom is -0.495 e. The third-order valence-electron chi connectivity index (χ3n) is 4.44. The maximum atomic E-state index is 12.7. The first-order valence-electron chi connectivity index (χ1n) is 8.17. The number of hydrogen-bond acceptors (Lipinski definition) is 4. The fraction of sp³-hybridized carbons (Fsp3) is 0.556. The summed E-state index contributed by atoms with van der Waals surface area (Å²) in [4.78, 5) is 28.4. The minimum atomic E-state index is -0.332. The van der Waals surface area contributed by atoms with Crippen molar-refractivity contribution in [3.05, 3.63) is 24.3 Å². The fourth-order valence-corrected chi connectivity index (χ4v) is 3.05. The summed E-state index contributed by atoms with van der Waals surface area (Å²) in [5, 5.41) is 0. The van der Waals surface area contributed by atoms with Crippen LogP contribution in [0, 0.1) is 11.3 Å². The molecule has 0 radical (unpaired) electrons. The molecule has 132 valence electrons. The minimum absolute atomic E-state index is 0.0118. The summed E-state index contributed by atoms with van der Waals surface area (Å²) in [5.41, 5.74) is 6.32. The van der Waals surface area contributed by atoms with E-state index in [1.807, 2.05) is 38.1 Å². The van der Waals surface area contributed by atoms with E-state index in [0.29, 0.717) is 31.1 Å². The molecule has 0 bridgehead atoms. The van der Waals surface area contributed by atoms with Gasteiger partial charge in [0.1, 0.15) is 5.75 Å². The normalized spacial score (nSPS) is 18.0. The van der Waals surface area contributed by atoms with Crippen molar-refractivity contribution >= 4 is 17.5 Å². The first kappa shape index (κ1) is 18.3. The first-order chi connectivity index (χ1) is 11.3. The monoisotopic (exact) mass is 333 g/mol. The molecule has 1 aliphatic heterocycles. The standard InChI is InChI=1S/C18H27N3O3/c1-18(2,11-19)12-20(3)17(23)13-9-16(22)21(10-13)14-7-5-6-8-15(14)24-4/h5-8,13H,9-12,19H2,1-4H3. The first-order valence-corrected chi connectivity index (χ1v) is 8.17. The second-order valence-electron chi connectivity index (χ2n) is 7.14. The molecule has 2 amide bonds. The summed E-state index contributed by atoms with van der Waals surface area (Å²) in [6.45, 7) is 5.50. The van der Waals surface area contributed by atoms with Crippen LogP contribution < -0.4 is 15.4 Å². The molecule has 0 aromatic heterocycles. The molecule has 0 aliphatic carbocycles. The Balaban J connectivity index is 2.10. The van der Waals surface area contributed by atoms with E-state index >= 15 is 0 Å². The zero-order valence-electron chi connectivity index (χ0n) is 14.9. The molecule has 6 heteroatoms. The van der Waals surface area contributed by atoms with Gasteiger partial charge in [-0.3, -0.25) is 9.59 Å². The van der Waals surface area contributed by atoms with Crippen molar-refractivity contribution in [2.75, 3.05) is 38.7 Å². The van der Waals surface area contributed by atoms with E-state index in [9.17, 15) is 9.59 Å². The van der Waals surface area contributed by atoms with Gasteiger partial charge in [0.2, 0.25) is 11.8 Å². The zero-order chi connectivity index (χ0) is 17.9. The Labute approximate surface area is 143 Å². The molecule has 24 heavy (non-hydrogen) atoms. The van der Waals surface area contributed by atoms with Gasteiger partial charge in [-0.2, -0.15) is 0 Å². The number of para-hydroxylation sites is 2. The maximum absolute atomic E-state index is 12.7. The van der Waals surface area contributed by atoms with Gasteiger partial charge in [0, 0.05) is 26.6 Å². The van der Waals surface area contributed by atoms with Gasteiger partial charge in [0.15, 0.2) is 0 Å². The molecule has 1 heterocycles. The molecule has 1 atom stereocenters. The number of nitrogens with two attached hydrogens (primary N) is 1. The van der Waals surface area contributed by atoms with E-state index in [1.165, 1.54) is 0 Å². The lowest BCUT2D eigenvalue weighted by Crippen LogP contribution is -2.42. The highest BCUT2D eigenvalue weighted by molar-refractivity contribution is 6.01. The lowest BCUT2D eigenvalue weighted by Gasteiger charge is -2.30. The average molecular weight is 333 g/mol. The van der Waals surface area contributed by atoms with Crippen molar-refractivity contribution in [1.29, 1.82) is 0 Å². The molecule has 6 nitrogen and oxygen atoms in total. The van der Waals surface area contributed by atoms with Gasteiger partial charge in [-0.1, -0.05) is 26.0 Å². The van der Waals surface area contributed by atoms with Gasteiger partial charge in [-0.15, -0.1) is 0 Å². The number of anilines is 1. The van der Waals surface area contributed by atoms with Crippen LogP contribution in [0.1, 0.15) is 20.3 Å². The Hall–Kier alpha value is -2.08. The second-order valence-corrected chi connectivity index (χ2v) is 7.14. The highest BCUT2D eigenvalue weighted by Gasteiger charge is 2.38. The Morgan fingerprint density at radius 2 is 2.08 bits per heavy atom. The van der Waals surface area contributed by atoms with Crippen LogP contribution in [0.5, 0.6) is 5.75 Å². The van der Waals surface area contributed by atoms with Gasteiger partial charge in [0.05, 0.1) is 18.7 Å². The van der Waals surface area contributed by atoms with E-state index in [2.05, 4.69) is 0 Å². The Morgan fingerprint density at radius 3 is 2.71 bits per heavy atom. The quantitative estimate of drug-likeness (QED) is 0.856. The number of carbonyl (C=O) groups is 2. The number of methoxy groups -OCH3 is 1. The Kier molecular flexibility index (Phi) is 5.49. The molecule has 1 aromatic carbocycles. The highest BCUT2D eigenvalue weighted by atomic mass is 16.5. The number of rotatable bonds is 6. The highest BCUT2D eigenvalue weighted by Crippen LogP contribution is 2.33. The maximum Gasteiger partial charge on any atom is 0.227 e. The van der Waals surface area contributed by atoms with Crippen molar-refractivity contribution < 1.29 is 14.3 Å². The van der Waals surface area contributed by atoms with Gasteiger partial charge in [-0.25, -0.2) is 0 Å². The van der Waals surface area contributed by atoms with E-state index in [1.54, 1.807) is 24.0 Å². The Morgan fingerprint density at radius 1 is 1.42 bits per heavy atom. The molecular weight excluding hydrogens is 306 g/mol. The number of nitrogens with zero attached hydrogens (tertiary/aromatic N) is 2. The molecule has 1 aromatic rings. The van der Waals surface area contributed by atoms with Crippen molar-refractivity contribution in [3.8, 4) is 5.75 Å². The number of carbonyl (C=O) groups excluding carboxylic acids is 2. The predicted molar refractivity (Wildman–Crippen MR) is 93.9 cm³/mol. The van der Waals surface area contributed by atoms with Crippen LogP contribution in [0.25, 0.3) is 0 Å². The van der Waals surface area contributed by atoms with Crippen LogP contribution in [-0.2, 0) is 9.59 Å². The number of hydrogen-bond donors (Lipinski definition) is 1. The summed E-state index contributed by atoms with van der Waals surface area (Å²) in [5.74, 6) is 0.240. The molecular formula is C18H27N3O3. The molecule has 1 fully saturated rings. The zero-order valence-corrected chi connectivity index (χ0v) is 14.9. The van der Waals surface area contributed by atoms with Crippen molar-refractivity contribution in [2.24, 2.45) is 17.1 Å². The summed E-state index contributed by atoms with van der Waals surface area (Å²) in [7, 11) is 3.35. The van der Waals surface area contributed by atoms with Crippen LogP contribution in [-0.4, -0.2) is 50.5 Å². The summed E-state index contributed by atoms with van der Waals surface area (Å²) < 4.78 is 5.33. The van der Waals surface area contributed by atoms with Crippen molar-refractivity contribution in [1.82, 2.24) is 4.90 Å². The topological polar surface area (TPSA) is 75.9 Å². The number of benzene rings is 1. The smallest absolute Gasteiger partial charge is 0.227 e. The summed E-state index contributed by atoms with van der Waals surface area (Å²) >= 11 is 0. The van der Waals surface area contributed by atoms with Crippen LogP contribution in [0.4, 0.5) is 5.69 Å². The second kappa shape index (κ2) is 7.21. The van der Waals surface area contributed by atoms with Gasteiger partial charge < -0.3 is 20.3 Å². The fourth-order valence-electron chi connectivity index (χ4n) is 3.05. The lowest BCUT2D eigenvalue weighted by atomic mass is 9.92. The summed E-state index contributed by atoms with van der Waals surface area (Å²) in [6, 6.07) is 7.36. The molecule has 0 saturated carbocycles. The molecule has 1 aliphatic rings.